The molecule has 1 amide bonds. The molecule has 0 unspecified atom stereocenters. The van der Waals surface area contributed by atoms with Gasteiger partial charge in [0.1, 0.15) is 0 Å². The lowest BCUT2D eigenvalue weighted by atomic mass is 9.52. The maximum atomic E-state index is 13.4. The highest BCUT2D eigenvalue weighted by molar-refractivity contribution is 7.09. The predicted octanol–water partition coefficient (Wildman–Crippen LogP) is 4.28. The van der Waals surface area contributed by atoms with Crippen LogP contribution in [0.2, 0.25) is 0 Å². The average molecular weight is 386 g/mol. The first-order valence-electron chi connectivity index (χ1n) is 10.5. The Bertz CT molecular complexity index is 658. The molecule has 4 nitrogen and oxygen atoms in total. The fourth-order valence-corrected chi connectivity index (χ4v) is 7.11. The fraction of sp³-hybridized carbons (Fsp3) is 0.727. The van der Waals surface area contributed by atoms with E-state index in [4.69, 9.17) is 0 Å². The molecule has 4 aliphatic carbocycles. The highest BCUT2D eigenvalue weighted by Gasteiger charge is 2.54. The SMILES string of the molecule is CCN(CC(=O)N(CCC#N)C12CC3CC(CC(C3)C1)C2)Cc1cccs1. The third kappa shape index (κ3) is 3.93. The van der Waals surface area contributed by atoms with E-state index >= 15 is 0 Å². The van der Waals surface area contributed by atoms with Gasteiger partial charge in [0, 0.05) is 23.5 Å². The molecule has 5 rings (SSSR count). The summed E-state index contributed by atoms with van der Waals surface area (Å²) < 4.78 is 0. The summed E-state index contributed by atoms with van der Waals surface area (Å²) in [6, 6.07) is 6.50. The maximum Gasteiger partial charge on any atom is 0.237 e. The quantitative estimate of drug-likeness (QED) is 0.671. The van der Waals surface area contributed by atoms with Crippen LogP contribution in [0.4, 0.5) is 0 Å². The van der Waals surface area contributed by atoms with Gasteiger partial charge >= 0.3 is 0 Å². The van der Waals surface area contributed by atoms with Crippen LogP contribution >= 0.6 is 11.3 Å². The van der Waals surface area contributed by atoms with Gasteiger partial charge < -0.3 is 4.90 Å². The Hall–Kier alpha value is -1.38. The van der Waals surface area contributed by atoms with Crippen LogP contribution in [0.3, 0.4) is 0 Å². The third-order valence-electron chi connectivity index (χ3n) is 7.09. The van der Waals surface area contributed by atoms with Crippen LogP contribution in [0.25, 0.3) is 0 Å². The first-order chi connectivity index (χ1) is 13.1. The van der Waals surface area contributed by atoms with E-state index in [1.807, 2.05) is 0 Å². The van der Waals surface area contributed by atoms with E-state index < -0.39 is 0 Å². The number of rotatable bonds is 8. The lowest BCUT2D eigenvalue weighted by Crippen LogP contribution is -2.62. The molecule has 4 bridgehead atoms. The van der Waals surface area contributed by atoms with E-state index in [9.17, 15) is 10.1 Å². The number of carbonyl (C=O) groups is 1. The van der Waals surface area contributed by atoms with Gasteiger partial charge in [-0.1, -0.05) is 13.0 Å². The van der Waals surface area contributed by atoms with Gasteiger partial charge in [0.25, 0.3) is 0 Å². The van der Waals surface area contributed by atoms with E-state index in [1.54, 1.807) is 11.3 Å². The zero-order chi connectivity index (χ0) is 18.9. The average Bonchev–Trinajstić information content (AvgIpc) is 3.13. The van der Waals surface area contributed by atoms with Crippen molar-refractivity contribution in [3.8, 4) is 6.07 Å². The van der Waals surface area contributed by atoms with Crippen molar-refractivity contribution in [3.05, 3.63) is 22.4 Å². The molecular weight excluding hydrogens is 354 g/mol. The highest BCUT2D eigenvalue weighted by Crippen LogP contribution is 2.57. The van der Waals surface area contributed by atoms with Crippen molar-refractivity contribution in [2.24, 2.45) is 17.8 Å². The first-order valence-corrected chi connectivity index (χ1v) is 11.4. The number of carbonyl (C=O) groups excluding carboxylic acids is 1. The number of hydrogen-bond donors (Lipinski definition) is 0. The van der Waals surface area contributed by atoms with E-state index in [2.05, 4.69) is 40.3 Å². The normalized spacial score (nSPS) is 31.2. The van der Waals surface area contributed by atoms with Crippen molar-refractivity contribution < 1.29 is 4.79 Å². The minimum absolute atomic E-state index is 0.0467. The van der Waals surface area contributed by atoms with E-state index in [-0.39, 0.29) is 11.4 Å². The number of nitriles is 1. The molecule has 1 aromatic rings. The molecule has 0 aliphatic heterocycles. The molecule has 0 atom stereocenters. The minimum atomic E-state index is 0.0467. The Morgan fingerprint density at radius 2 is 1.93 bits per heavy atom. The molecule has 5 heteroatoms. The summed E-state index contributed by atoms with van der Waals surface area (Å²) in [5.41, 5.74) is 0.0467. The fourth-order valence-electron chi connectivity index (χ4n) is 6.36. The van der Waals surface area contributed by atoms with Gasteiger partial charge in [0.15, 0.2) is 0 Å². The lowest BCUT2D eigenvalue weighted by Gasteiger charge is -2.60. The molecule has 27 heavy (non-hydrogen) atoms. The van der Waals surface area contributed by atoms with Crippen LogP contribution in [-0.2, 0) is 11.3 Å². The van der Waals surface area contributed by atoms with Crippen LogP contribution in [0.15, 0.2) is 17.5 Å². The molecule has 0 aromatic carbocycles. The van der Waals surface area contributed by atoms with Crippen molar-refractivity contribution >= 4 is 17.2 Å². The number of nitrogens with zero attached hydrogens (tertiary/aromatic N) is 3. The second kappa shape index (κ2) is 7.93. The van der Waals surface area contributed by atoms with Crippen molar-refractivity contribution in [2.45, 2.75) is 64.0 Å². The highest BCUT2D eigenvalue weighted by atomic mass is 32.1. The second-order valence-electron chi connectivity index (χ2n) is 8.98. The molecule has 1 aromatic heterocycles. The lowest BCUT2D eigenvalue weighted by molar-refractivity contribution is -0.151. The minimum Gasteiger partial charge on any atom is -0.335 e. The topological polar surface area (TPSA) is 47.3 Å². The van der Waals surface area contributed by atoms with Gasteiger partial charge in [-0.05, 0) is 74.3 Å². The summed E-state index contributed by atoms with van der Waals surface area (Å²) >= 11 is 1.75. The van der Waals surface area contributed by atoms with Crippen LogP contribution in [0.5, 0.6) is 0 Å². The summed E-state index contributed by atoms with van der Waals surface area (Å²) in [6.45, 7) is 4.92. The third-order valence-corrected chi connectivity index (χ3v) is 7.95. The predicted molar refractivity (Wildman–Crippen MR) is 108 cm³/mol. The Morgan fingerprint density at radius 3 is 2.44 bits per heavy atom. The Kier molecular flexibility index (Phi) is 5.57. The van der Waals surface area contributed by atoms with Gasteiger partial charge in [0.05, 0.1) is 19.0 Å². The van der Waals surface area contributed by atoms with Gasteiger partial charge in [-0.3, -0.25) is 9.69 Å². The number of thiophene rings is 1. The first kappa shape index (κ1) is 19.0. The molecule has 146 valence electrons. The van der Waals surface area contributed by atoms with Crippen LogP contribution in [0, 0.1) is 29.1 Å². The standard InChI is InChI=1S/C22H31N3OS/c1-2-24(15-20-5-3-8-27-20)16-21(26)25(7-4-6-23)22-12-17-9-18(13-22)11-19(10-17)14-22/h3,5,8,17-19H,2,4,7,9-16H2,1H3. The number of likely N-dealkylation sites (N-methyl/N-ethyl adjacent to an activating group) is 1. The van der Waals surface area contributed by atoms with E-state index in [0.717, 1.165) is 30.8 Å². The number of amides is 1. The van der Waals surface area contributed by atoms with Gasteiger partial charge in [-0.25, -0.2) is 0 Å². The van der Waals surface area contributed by atoms with Crippen molar-refractivity contribution in [3.63, 3.8) is 0 Å². The van der Waals surface area contributed by atoms with Gasteiger partial charge in [-0.15, -0.1) is 11.3 Å². The summed E-state index contributed by atoms with van der Waals surface area (Å²) in [4.78, 5) is 19.2. The number of hydrogen-bond acceptors (Lipinski definition) is 4. The van der Waals surface area contributed by atoms with E-state index in [1.165, 1.54) is 43.4 Å². The monoisotopic (exact) mass is 385 g/mol. The largest absolute Gasteiger partial charge is 0.335 e. The molecule has 4 fully saturated rings. The summed E-state index contributed by atoms with van der Waals surface area (Å²) in [5.74, 6) is 2.66. The molecule has 0 saturated heterocycles. The molecule has 4 saturated carbocycles. The van der Waals surface area contributed by atoms with Crippen LogP contribution in [-0.4, -0.2) is 40.9 Å². The van der Waals surface area contributed by atoms with Gasteiger partial charge in [-0.2, -0.15) is 5.26 Å². The molecule has 0 radical (unpaired) electrons. The zero-order valence-electron chi connectivity index (χ0n) is 16.4. The van der Waals surface area contributed by atoms with E-state index in [0.29, 0.717) is 19.5 Å². The Balaban J connectivity index is 1.49. The molecule has 1 heterocycles. The smallest absolute Gasteiger partial charge is 0.237 e. The van der Waals surface area contributed by atoms with Crippen LogP contribution in [0.1, 0.15) is 56.7 Å². The molecule has 0 N–H and O–H groups in total. The molecule has 0 spiro atoms. The summed E-state index contributed by atoms with van der Waals surface area (Å²) in [5, 5.41) is 11.3. The van der Waals surface area contributed by atoms with Crippen molar-refractivity contribution in [2.75, 3.05) is 19.6 Å². The Labute approximate surface area is 167 Å². The molecule has 4 aliphatic rings. The molecular formula is C22H31N3OS. The van der Waals surface area contributed by atoms with Crippen molar-refractivity contribution in [1.82, 2.24) is 9.80 Å². The Morgan fingerprint density at radius 1 is 1.26 bits per heavy atom. The van der Waals surface area contributed by atoms with Crippen molar-refractivity contribution in [1.29, 1.82) is 5.26 Å². The van der Waals surface area contributed by atoms with Gasteiger partial charge in [0.2, 0.25) is 5.91 Å². The zero-order valence-corrected chi connectivity index (χ0v) is 17.2. The second-order valence-corrected chi connectivity index (χ2v) is 10.0. The maximum absolute atomic E-state index is 13.4. The summed E-state index contributed by atoms with van der Waals surface area (Å²) in [6.07, 6.45) is 8.09. The summed E-state index contributed by atoms with van der Waals surface area (Å²) in [7, 11) is 0. The van der Waals surface area contributed by atoms with Crippen LogP contribution < -0.4 is 0 Å².